The highest BCUT2D eigenvalue weighted by molar-refractivity contribution is 5.71. The quantitative estimate of drug-likeness (QED) is 0.618. The van der Waals surface area contributed by atoms with Crippen LogP contribution in [0.2, 0.25) is 0 Å². The van der Waals surface area contributed by atoms with Crippen LogP contribution in [0.15, 0.2) is 18.2 Å². The van der Waals surface area contributed by atoms with E-state index in [1.807, 2.05) is 19.9 Å². The monoisotopic (exact) mass is 282 g/mol. The van der Waals surface area contributed by atoms with Crippen molar-refractivity contribution in [3.8, 4) is 0 Å². The van der Waals surface area contributed by atoms with Crippen molar-refractivity contribution in [2.24, 2.45) is 11.8 Å². The third-order valence-electron chi connectivity index (χ3n) is 4.82. The van der Waals surface area contributed by atoms with Gasteiger partial charge >= 0.3 is 0 Å². The van der Waals surface area contributed by atoms with Crippen LogP contribution in [-0.2, 0) is 12.8 Å². The van der Waals surface area contributed by atoms with Gasteiger partial charge in [0.15, 0.2) is 0 Å². The van der Waals surface area contributed by atoms with Crippen LogP contribution < -0.4 is 0 Å². The molecular formula is C21H30. The first kappa shape index (κ1) is 16.1. The zero-order valence-corrected chi connectivity index (χ0v) is 14.4. The third-order valence-corrected chi connectivity index (χ3v) is 4.82. The van der Waals surface area contributed by atoms with Gasteiger partial charge in [-0.05, 0) is 79.2 Å². The second kappa shape index (κ2) is 6.64. The topological polar surface area (TPSA) is 0 Å². The molecule has 1 aromatic carbocycles. The molecule has 114 valence electrons. The van der Waals surface area contributed by atoms with Crippen molar-refractivity contribution >= 4 is 12.2 Å². The normalized spacial score (nSPS) is 20.6. The second-order valence-electron chi connectivity index (χ2n) is 6.52. The predicted molar refractivity (Wildman–Crippen MR) is 95.6 cm³/mol. The number of rotatable bonds is 3. The van der Waals surface area contributed by atoms with Gasteiger partial charge in [0.05, 0.1) is 0 Å². The summed E-state index contributed by atoms with van der Waals surface area (Å²) < 4.78 is 0. The second-order valence-corrected chi connectivity index (χ2v) is 6.52. The minimum absolute atomic E-state index is 0.801. The van der Waals surface area contributed by atoms with Gasteiger partial charge in [-0.3, -0.25) is 0 Å². The molecule has 0 heterocycles. The molecule has 0 radical (unpaired) electrons. The summed E-state index contributed by atoms with van der Waals surface area (Å²) in [6, 6.07) is 2.38. The fourth-order valence-electron chi connectivity index (χ4n) is 3.48. The molecule has 0 nitrogen and oxygen atoms in total. The van der Waals surface area contributed by atoms with Crippen LogP contribution in [0.1, 0.15) is 68.4 Å². The molecule has 0 amide bonds. The van der Waals surface area contributed by atoms with Gasteiger partial charge < -0.3 is 0 Å². The molecule has 3 rings (SSSR count). The first-order chi connectivity index (χ1) is 10.1. The Hall–Kier alpha value is -1.30. The highest BCUT2D eigenvalue weighted by Crippen LogP contribution is 2.39. The van der Waals surface area contributed by atoms with Crippen molar-refractivity contribution in [1.29, 1.82) is 0 Å². The summed E-state index contributed by atoms with van der Waals surface area (Å²) in [7, 11) is 0. The molecule has 0 aromatic heterocycles. The Kier molecular flexibility index (Phi) is 5.08. The average molecular weight is 282 g/mol. The minimum Gasteiger partial charge on any atom is -0.0984 e. The maximum absolute atomic E-state index is 4.02. The van der Waals surface area contributed by atoms with Gasteiger partial charge in [0, 0.05) is 0 Å². The lowest BCUT2D eigenvalue weighted by Crippen LogP contribution is -1.96. The molecule has 2 aliphatic carbocycles. The summed E-state index contributed by atoms with van der Waals surface area (Å²) >= 11 is 0. The van der Waals surface area contributed by atoms with E-state index in [4.69, 9.17) is 0 Å². The van der Waals surface area contributed by atoms with Gasteiger partial charge in [-0.2, -0.15) is 0 Å². The van der Waals surface area contributed by atoms with Gasteiger partial charge in [0.25, 0.3) is 0 Å². The van der Waals surface area contributed by atoms with Crippen LogP contribution in [0, 0.1) is 18.8 Å². The predicted octanol–water partition coefficient (Wildman–Crippen LogP) is 6.21. The molecule has 1 unspecified atom stereocenters. The molecule has 0 N–H and O–H groups in total. The van der Waals surface area contributed by atoms with E-state index in [1.54, 1.807) is 16.7 Å². The summed E-state index contributed by atoms with van der Waals surface area (Å²) in [5, 5.41) is 0. The Labute approximate surface area is 131 Å². The molecule has 0 bridgehead atoms. The fourth-order valence-corrected chi connectivity index (χ4v) is 3.48. The van der Waals surface area contributed by atoms with Gasteiger partial charge in [0.2, 0.25) is 0 Å². The number of allylic oxidation sites excluding steroid dienone is 1. The van der Waals surface area contributed by atoms with Gasteiger partial charge in [-0.1, -0.05) is 51.1 Å². The first-order valence-corrected chi connectivity index (χ1v) is 8.56. The minimum atomic E-state index is 0.801. The van der Waals surface area contributed by atoms with E-state index in [-0.39, 0.29) is 0 Å². The summed E-state index contributed by atoms with van der Waals surface area (Å²) in [6.45, 7) is 15.0. The van der Waals surface area contributed by atoms with Crippen molar-refractivity contribution in [2.75, 3.05) is 0 Å². The highest BCUT2D eigenvalue weighted by atomic mass is 14.3. The Morgan fingerprint density at radius 3 is 2.48 bits per heavy atom. The zero-order valence-electron chi connectivity index (χ0n) is 14.4. The lowest BCUT2D eigenvalue weighted by Gasteiger charge is -2.13. The van der Waals surface area contributed by atoms with Crippen LogP contribution in [0.4, 0.5) is 0 Å². The third kappa shape index (κ3) is 3.31. The van der Waals surface area contributed by atoms with E-state index >= 15 is 0 Å². The lowest BCUT2D eigenvalue weighted by atomic mass is 9.92. The van der Waals surface area contributed by atoms with Crippen LogP contribution in [0.3, 0.4) is 0 Å². The lowest BCUT2D eigenvalue weighted by molar-refractivity contribution is 0.627. The van der Waals surface area contributed by atoms with Crippen molar-refractivity contribution in [3.63, 3.8) is 0 Å². The summed E-state index contributed by atoms with van der Waals surface area (Å²) in [4.78, 5) is 0. The SMILES string of the molecule is C=Cc1cc2c(c(C)c1/C=C(\C)C1CC1)CC(C)C2.CC. The molecule has 0 saturated heterocycles. The molecule has 1 fully saturated rings. The standard InChI is InChI=1S/C19H24.C2H6/c1-5-15-11-17-8-12(2)9-18(17)14(4)19(15)10-13(3)16-6-7-16;1-2/h5,10-12,16H,1,6-9H2,2-4H3;1-2H3/b13-10+;. The molecule has 0 heteroatoms. The maximum atomic E-state index is 4.02. The van der Waals surface area contributed by atoms with Crippen molar-refractivity contribution in [3.05, 3.63) is 46.0 Å². The number of hydrogen-bond acceptors (Lipinski definition) is 0. The molecular weight excluding hydrogens is 252 g/mol. The van der Waals surface area contributed by atoms with Gasteiger partial charge in [-0.25, -0.2) is 0 Å². The fraction of sp³-hybridized carbons (Fsp3) is 0.524. The van der Waals surface area contributed by atoms with Crippen LogP contribution >= 0.6 is 0 Å². The molecule has 1 saturated carbocycles. The van der Waals surface area contributed by atoms with Gasteiger partial charge in [-0.15, -0.1) is 0 Å². The zero-order chi connectivity index (χ0) is 15.6. The van der Waals surface area contributed by atoms with E-state index in [0.717, 1.165) is 11.8 Å². The molecule has 1 aromatic rings. The average Bonchev–Trinajstić information content (AvgIpc) is 3.26. The van der Waals surface area contributed by atoms with Gasteiger partial charge in [0.1, 0.15) is 0 Å². The van der Waals surface area contributed by atoms with Crippen molar-refractivity contribution in [2.45, 2.75) is 60.3 Å². The van der Waals surface area contributed by atoms with E-state index in [1.165, 1.54) is 42.4 Å². The molecule has 21 heavy (non-hydrogen) atoms. The Morgan fingerprint density at radius 1 is 1.24 bits per heavy atom. The van der Waals surface area contributed by atoms with Crippen LogP contribution in [-0.4, -0.2) is 0 Å². The number of hydrogen-bond donors (Lipinski definition) is 0. The van der Waals surface area contributed by atoms with E-state index < -0.39 is 0 Å². The molecule has 2 aliphatic rings. The van der Waals surface area contributed by atoms with E-state index in [2.05, 4.69) is 39.5 Å². The van der Waals surface area contributed by atoms with E-state index in [0.29, 0.717) is 0 Å². The Morgan fingerprint density at radius 2 is 1.90 bits per heavy atom. The molecule has 0 spiro atoms. The molecule has 1 atom stereocenters. The smallest absolute Gasteiger partial charge is 0.0152 e. The van der Waals surface area contributed by atoms with Crippen molar-refractivity contribution in [1.82, 2.24) is 0 Å². The summed E-state index contributed by atoms with van der Waals surface area (Å²) in [5.41, 5.74) is 8.96. The Balaban J connectivity index is 0.000000774. The van der Waals surface area contributed by atoms with Crippen molar-refractivity contribution < 1.29 is 0 Å². The van der Waals surface area contributed by atoms with E-state index in [9.17, 15) is 0 Å². The number of benzene rings is 1. The summed E-state index contributed by atoms with van der Waals surface area (Å²) in [5.74, 6) is 1.65. The first-order valence-electron chi connectivity index (χ1n) is 8.56. The highest BCUT2D eigenvalue weighted by Gasteiger charge is 2.25. The number of fused-ring (bicyclic) bond motifs is 1. The molecule has 0 aliphatic heterocycles. The summed E-state index contributed by atoms with van der Waals surface area (Å²) in [6.07, 6.45) is 9.71. The maximum Gasteiger partial charge on any atom is -0.0152 e. The van der Waals surface area contributed by atoms with Crippen LogP contribution in [0.5, 0.6) is 0 Å². The largest absolute Gasteiger partial charge is 0.0984 e. The Bertz CT molecular complexity index is 556. The van der Waals surface area contributed by atoms with Crippen LogP contribution in [0.25, 0.3) is 12.2 Å².